The Balaban J connectivity index is 1.88. The van der Waals surface area contributed by atoms with Crippen molar-refractivity contribution in [2.24, 2.45) is 0 Å². The summed E-state index contributed by atoms with van der Waals surface area (Å²) in [4.78, 5) is 8.23. The Kier molecular flexibility index (Phi) is 4.74. The lowest BCUT2D eigenvalue weighted by Gasteiger charge is -2.13. The second kappa shape index (κ2) is 6.95. The first-order valence-electron chi connectivity index (χ1n) is 7.10. The van der Waals surface area contributed by atoms with E-state index in [4.69, 9.17) is 33.7 Å². The average Bonchev–Trinajstić information content (AvgIpc) is 2.57. The molecular weight excluding hydrogens is 347 g/mol. The van der Waals surface area contributed by atoms with Gasteiger partial charge >= 0.3 is 0 Å². The van der Waals surface area contributed by atoms with Crippen LogP contribution < -0.4 is 15.8 Å². The highest BCUT2D eigenvalue weighted by Gasteiger charge is 2.12. The van der Waals surface area contributed by atoms with E-state index in [9.17, 15) is 0 Å². The molecule has 0 saturated carbocycles. The Hall–Kier alpha value is -2.50. The van der Waals surface area contributed by atoms with E-state index in [1.54, 1.807) is 18.2 Å². The van der Waals surface area contributed by atoms with E-state index in [1.165, 1.54) is 6.33 Å². The molecule has 5 nitrogen and oxygen atoms in total. The summed E-state index contributed by atoms with van der Waals surface area (Å²) >= 11 is 12.2. The molecule has 0 atom stereocenters. The number of nitrogens with two attached hydrogens (primary N) is 1. The lowest BCUT2D eigenvalue weighted by atomic mass is 10.2. The minimum Gasteiger partial charge on any atom is -0.437 e. The van der Waals surface area contributed by atoms with Crippen molar-refractivity contribution in [2.75, 3.05) is 11.1 Å². The first-order valence-corrected chi connectivity index (χ1v) is 7.86. The predicted molar refractivity (Wildman–Crippen MR) is 97.4 cm³/mol. The molecule has 0 radical (unpaired) electrons. The van der Waals surface area contributed by atoms with Crippen molar-refractivity contribution in [1.82, 2.24) is 9.97 Å². The van der Waals surface area contributed by atoms with Crippen LogP contribution in [0.3, 0.4) is 0 Å². The van der Waals surface area contributed by atoms with Gasteiger partial charge in [-0.3, -0.25) is 0 Å². The van der Waals surface area contributed by atoms with Gasteiger partial charge in [0, 0.05) is 5.02 Å². The molecule has 0 aliphatic carbocycles. The van der Waals surface area contributed by atoms with Gasteiger partial charge < -0.3 is 15.8 Å². The predicted octanol–water partition coefficient (Wildman–Crippen LogP) is 5.21. The Labute approximate surface area is 149 Å². The molecule has 122 valence electrons. The van der Waals surface area contributed by atoms with Crippen LogP contribution in [-0.2, 0) is 0 Å². The van der Waals surface area contributed by atoms with E-state index >= 15 is 0 Å². The molecule has 0 amide bonds. The number of benzene rings is 2. The smallest absolute Gasteiger partial charge is 0.248 e. The molecule has 24 heavy (non-hydrogen) atoms. The number of aryl methyl sites for hydroxylation is 1. The molecule has 3 rings (SSSR count). The fraction of sp³-hybridized carbons (Fsp3) is 0.0588. The molecule has 1 heterocycles. The molecule has 7 heteroatoms. The Morgan fingerprint density at radius 1 is 1.04 bits per heavy atom. The van der Waals surface area contributed by atoms with Gasteiger partial charge in [-0.15, -0.1) is 0 Å². The lowest BCUT2D eigenvalue weighted by molar-refractivity contribution is 0.464. The maximum absolute atomic E-state index is 6.14. The van der Waals surface area contributed by atoms with Crippen molar-refractivity contribution in [3.8, 4) is 11.6 Å². The number of nitrogen functional groups attached to an aromatic ring is 1. The minimum absolute atomic E-state index is 0.251. The fourth-order valence-electron chi connectivity index (χ4n) is 2.04. The Bertz CT molecular complexity index is 886. The number of para-hydroxylation sites is 1. The molecule has 0 bridgehead atoms. The maximum atomic E-state index is 6.14. The van der Waals surface area contributed by atoms with Crippen LogP contribution in [0.1, 0.15) is 5.56 Å². The maximum Gasteiger partial charge on any atom is 0.248 e. The van der Waals surface area contributed by atoms with E-state index in [-0.39, 0.29) is 11.6 Å². The van der Waals surface area contributed by atoms with Gasteiger partial charge in [0.2, 0.25) is 5.88 Å². The largest absolute Gasteiger partial charge is 0.437 e. The molecule has 0 spiro atoms. The summed E-state index contributed by atoms with van der Waals surface area (Å²) in [6.07, 6.45) is 1.37. The summed E-state index contributed by atoms with van der Waals surface area (Å²) < 4.78 is 5.75. The van der Waals surface area contributed by atoms with Crippen LogP contribution >= 0.6 is 23.2 Å². The van der Waals surface area contributed by atoms with E-state index in [1.807, 2.05) is 31.2 Å². The van der Waals surface area contributed by atoms with Crippen LogP contribution in [-0.4, -0.2) is 9.97 Å². The van der Waals surface area contributed by atoms with Crippen molar-refractivity contribution in [2.45, 2.75) is 6.92 Å². The third-order valence-corrected chi connectivity index (χ3v) is 4.07. The number of rotatable bonds is 4. The van der Waals surface area contributed by atoms with Gasteiger partial charge in [-0.05, 0) is 42.8 Å². The number of anilines is 3. The second-order valence-electron chi connectivity index (χ2n) is 5.06. The van der Waals surface area contributed by atoms with Crippen molar-refractivity contribution in [3.05, 3.63) is 64.4 Å². The van der Waals surface area contributed by atoms with Crippen molar-refractivity contribution >= 4 is 40.4 Å². The SMILES string of the molecule is Cc1cc(Oc2ncnc(Nc3ccccc3Cl)c2N)ccc1Cl. The molecule has 2 aromatic carbocycles. The number of hydrogen-bond acceptors (Lipinski definition) is 5. The van der Waals surface area contributed by atoms with Gasteiger partial charge in [-0.2, -0.15) is 4.98 Å². The number of halogens is 2. The standard InChI is InChI=1S/C17H14Cl2N4O/c1-10-8-11(6-7-12(10)18)24-17-15(20)16(21-9-22-17)23-14-5-3-2-4-13(14)19/h2-9H,20H2,1H3,(H,21,22,23). The number of aromatic nitrogens is 2. The highest BCUT2D eigenvalue weighted by Crippen LogP contribution is 2.33. The van der Waals surface area contributed by atoms with E-state index in [0.29, 0.717) is 27.3 Å². The number of nitrogens with one attached hydrogen (secondary N) is 1. The molecule has 0 fully saturated rings. The van der Waals surface area contributed by atoms with Crippen LogP contribution in [0, 0.1) is 6.92 Å². The molecule has 0 aliphatic rings. The number of nitrogens with zero attached hydrogens (tertiary/aromatic N) is 2. The summed E-state index contributed by atoms with van der Waals surface area (Å²) in [5, 5.41) is 4.31. The van der Waals surface area contributed by atoms with Crippen LogP contribution in [0.4, 0.5) is 17.2 Å². The van der Waals surface area contributed by atoms with Crippen molar-refractivity contribution in [1.29, 1.82) is 0 Å². The van der Waals surface area contributed by atoms with Crippen molar-refractivity contribution < 1.29 is 4.74 Å². The summed E-state index contributed by atoms with van der Waals surface area (Å²) in [5.41, 5.74) is 7.99. The van der Waals surface area contributed by atoms with E-state index in [0.717, 1.165) is 5.56 Å². The van der Waals surface area contributed by atoms with E-state index in [2.05, 4.69) is 15.3 Å². The van der Waals surface area contributed by atoms with Gasteiger partial charge in [0.25, 0.3) is 0 Å². The van der Waals surface area contributed by atoms with Crippen LogP contribution in [0.15, 0.2) is 48.8 Å². The molecule has 1 aromatic heterocycles. The van der Waals surface area contributed by atoms with Gasteiger partial charge in [0.15, 0.2) is 5.82 Å². The van der Waals surface area contributed by atoms with Crippen LogP contribution in [0.25, 0.3) is 0 Å². The number of ether oxygens (including phenoxy) is 1. The topological polar surface area (TPSA) is 73.1 Å². The Morgan fingerprint density at radius 3 is 2.58 bits per heavy atom. The monoisotopic (exact) mass is 360 g/mol. The van der Waals surface area contributed by atoms with Gasteiger partial charge in [0.1, 0.15) is 17.8 Å². The van der Waals surface area contributed by atoms with E-state index < -0.39 is 0 Å². The molecule has 0 unspecified atom stereocenters. The first-order chi connectivity index (χ1) is 11.5. The highest BCUT2D eigenvalue weighted by molar-refractivity contribution is 6.33. The van der Waals surface area contributed by atoms with Gasteiger partial charge in [0.05, 0.1) is 10.7 Å². The fourth-order valence-corrected chi connectivity index (χ4v) is 2.34. The molecular formula is C17H14Cl2N4O. The summed E-state index contributed by atoms with van der Waals surface area (Å²) in [6.45, 7) is 1.89. The quantitative estimate of drug-likeness (QED) is 0.667. The average molecular weight is 361 g/mol. The summed E-state index contributed by atoms with van der Waals surface area (Å²) in [6, 6.07) is 12.6. The molecule has 3 N–H and O–H groups in total. The van der Waals surface area contributed by atoms with Gasteiger partial charge in [-0.25, -0.2) is 4.98 Å². The second-order valence-corrected chi connectivity index (χ2v) is 5.87. The molecule has 0 aliphatic heterocycles. The first kappa shape index (κ1) is 16.4. The molecule has 0 saturated heterocycles. The highest BCUT2D eigenvalue weighted by atomic mass is 35.5. The minimum atomic E-state index is 0.251. The summed E-state index contributed by atoms with van der Waals surface area (Å²) in [5.74, 6) is 1.26. The zero-order chi connectivity index (χ0) is 17.1. The normalized spacial score (nSPS) is 10.5. The van der Waals surface area contributed by atoms with Gasteiger partial charge in [-0.1, -0.05) is 35.3 Å². The third-order valence-electron chi connectivity index (χ3n) is 3.32. The zero-order valence-corrected chi connectivity index (χ0v) is 14.3. The zero-order valence-electron chi connectivity index (χ0n) is 12.8. The molecule has 3 aromatic rings. The third kappa shape index (κ3) is 3.53. The number of hydrogen-bond donors (Lipinski definition) is 2. The lowest BCUT2D eigenvalue weighted by Crippen LogP contribution is -2.03. The van der Waals surface area contributed by atoms with Crippen molar-refractivity contribution in [3.63, 3.8) is 0 Å². The summed E-state index contributed by atoms with van der Waals surface area (Å²) in [7, 11) is 0. The van der Waals surface area contributed by atoms with Crippen LogP contribution in [0.2, 0.25) is 10.0 Å². The van der Waals surface area contributed by atoms with Crippen LogP contribution in [0.5, 0.6) is 11.6 Å². The Morgan fingerprint density at radius 2 is 1.83 bits per heavy atom.